The van der Waals surface area contributed by atoms with Crippen LogP contribution in [0.1, 0.15) is 38.8 Å². The van der Waals surface area contributed by atoms with E-state index in [1.165, 1.54) is 0 Å². The van der Waals surface area contributed by atoms with Crippen LogP contribution in [0.15, 0.2) is 18.2 Å². The van der Waals surface area contributed by atoms with Crippen LogP contribution in [0.2, 0.25) is 0 Å². The molecule has 1 aromatic rings. The lowest BCUT2D eigenvalue weighted by Gasteiger charge is -2.18. The minimum Gasteiger partial charge on any atom is -0.710 e. The Morgan fingerprint density at radius 1 is 1.33 bits per heavy atom. The second-order valence-electron chi connectivity index (χ2n) is 4.91. The predicted octanol–water partition coefficient (Wildman–Crippen LogP) is 2.19. The van der Waals surface area contributed by atoms with Crippen LogP contribution in [0.25, 0.3) is 0 Å². The van der Waals surface area contributed by atoms with Crippen molar-refractivity contribution < 1.29 is 4.73 Å². The Hall–Kier alpha value is -1.29. The largest absolute Gasteiger partial charge is 0.710 e. The molecule has 0 aliphatic heterocycles. The summed E-state index contributed by atoms with van der Waals surface area (Å²) >= 11 is 0. The number of hydrogen-bond acceptors (Lipinski definition) is 3. The molecule has 102 valence electrons. The van der Waals surface area contributed by atoms with Gasteiger partial charge in [-0.15, -0.1) is 0 Å². The Labute approximate surface area is 110 Å². The maximum atomic E-state index is 11.7. The van der Waals surface area contributed by atoms with Crippen molar-refractivity contribution in [1.82, 2.24) is 0 Å². The Balaban J connectivity index is 2.47. The fraction of sp³-hybridized carbons (Fsp3) is 0.643. The zero-order valence-electron chi connectivity index (χ0n) is 11.6. The number of aromatic nitrogens is 1. The van der Waals surface area contributed by atoms with Crippen LogP contribution in [-0.2, 0) is 0 Å². The van der Waals surface area contributed by atoms with Gasteiger partial charge in [-0.25, -0.2) is 4.73 Å². The van der Waals surface area contributed by atoms with E-state index in [0.717, 1.165) is 24.0 Å². The second-order valence-corrected chi connectivity index (χ2v) is 4.91. The lowest BCUT2D eigenvalue weighted by Crippen LogP contribution is -2.38. The van der Waals surface area contributed by atoms with Gasteiger partial charge in [0.1, 0.15) is 5.69 Å². The first kappa shape index (κ1) is 14.8. The summed E-state index contributed by atoms with van der Waals surface area (Å²) in [5.74, 6) is 1.26. The standard InChI is InChI=1S/C14H25N3O/c1-4-12(5-2)9-13(15)10-16-14-8-6-7-11(3)17(14)18/h6-8,12-13,16H,4-5,9-10,15H2,1-3H3. The van der Waals surface area contributed by atoms with Gasteiger partial charge in [0.25, 0.3) is 5.82 Å². The van der Waals surface area contributed by atoms with Crippen LogP contribution in [0, 0.1) is 18.0 Å². The summed E-state index contributed by atoms with van der Waals surface area (Å²) in [7, 11) is 0. The number of nitrogens with one attached hydrogen (secondary N) is 1. The van der Waals surface area contributed by atoms with Gasteiger partial charge in [0.2, 0.25) is 0 Å². The van der Waals surface area contributed by atoms with Gasteiger partial charge in [-0.3, -0.25) is 5.32 Å². The predicted molar refractivity (Wildman–Crippen MR) is 75.3 cm³/mol. The molecule has 3 N–H and O–H groups in total. The third kappa shape index (κ3) is 4.18. The number of rotatable bonds is 7. The lowest BCUT2D eigenvalue weighted by molar-refractivity contribution is -0.597. The lowest BCUT2D eigenvalue weighted by atomic mass is 9.95. The number of anilines is 1. The molecule has 4 heteroatoms. The first-order chi connectivity index (χ1) is 8.58. The molecule has 1 rings (SSSR count). The second kappa shape index (κ2) is 7.21. The SMILES string of the molecule is CCC(CC)CC(N)CNc1cccc(C)[n+]1[O-]. The first-order valence-corrected chi connectivity index (χ1v) is 6.77. The van der Waals surface area contributed by atoms with E-state index in [-0.39, 0.29) is 6.04 Å². The van der Waals surface area contributed by atoms with Crippen molar-refractivity contribution in [3.63, 3.8) is 0 Å². The zero-order valence-corrected chi connectivity index (χ0v) is 11.6. The smallest absolute Gasteiger partial charge is 0.277 e. The van der Waals surface area contributed by atoms with Crippen molar-refractivity contribution in [2.45, 2.75) is 46.1 Å². The molecule has 0 aromatic carbocycles. The van der Waals surface area contributed by atoms with Gasteiger partial charge < -0.3 is 10.9 Å². The van der Waals surface area contributed by atoms with Gasteiger partial charge in [0.05, 0.1) is 6.54 Å². The van der Waals surface area contributed by atoms with Gasteiger partial charge in [0, 0.05) is 12.1 Å². The summed E-state index contributed by atoms with van der Waals surface area (Å²) in [6.07, 6.45) is 3.33. The van der Waals surface area contributed by atoms with E-state index in [2.05, 4.69) is 19.2 Å². The molecule has 1 aromatic heterocycles. The van der Waals surface area contributed by atoms with Crippen LogP contribution >= 0.6 is 0 Å². The third-order valence-corrected chi connectivity index (χ3v) is 3.47. The zero-order chi connectivity index (χ0) is 13.5. The fourth-order valence-corrected chi connectivity index (χ4v) is 2.10. The minimum absolute atomic E-state index is 0.0930. The number of nitrogens with zero attached hydrogens (tertiary/aromatic N) is 1. The molecule has 0 aliphatic rings. The van der Waals surface area contributed by atoms with Crippen molar-refractivity contribution in [3.8, 4) is 0 Å². The van der Waals surface area contributed by atoms with E-state index >= 15 is 0 Å². The molecular formula is C14H25N3O. The highest BCUT2D eigenvalue weighted by Gasteiger charge is 2.13. The van der Waals surface area contributed by atoms with E-state index in [1.807, 2.05) is 6.07 Å². The summed E-state index contributed by atoms with van der Waals surface area (Å²) in [6, 6.07) is 5.54. The normalized spacial score (nSPS) is 12.7. The summed E-state index contributed by atoms with van der Waals surface area (Å²) < 4.78 is 0.907. The molecule has 0 bridgehead atoms. The summed E-state index contributed by atoms with van der Waals surface area (Å²) in [6.45, 7) is 6.82. The average Bonchev–Trinajstić information content (AvgIpc) is 2.37. The maximum absolute atomic E-state index is 11.7. The fourth-order valence-electron chi connectivity index (χ4n) is 2.10. The maximum Gasteiger partial charge on any atom is 0.277 e. The van der Waals surface area contributed by atoms with Gasteiger partial charge in [-0.05, 0) is 25.3 Å². The summed E-state index contributed by atoms with van der Waals surface area (Å²) in [5.41, 5.74) is 6.78. The first-order valence-electron chi connectivity index (χ1n) is 6.77. The molecule has 1 heterocycles. The van der Waals surface area contributed by atoms with Crippen molar-refractivity contribution in [2.75, 3.05) is 11.9 Å². The monoisotopic (exact) mass is 251 g/mol. The molecule has 0 amide bonds. The van der Waals surface area contributed by atoms with Gasteiger partial charge in [0.15, 0.2) is 0 Å². The van der Waals surface area contributed by atoms with Crippen molar-refractivity contribution >= 4 is 5.82 Å². The van der Waals surface area contributed by atoms with Crippen LogP contribution in [0.4, 0.5) is 5.82 Å². The van der Waals surface area contributed by atoms with Crippen LogP contribution in [0.5, 0.6) is 0 Å². The van der Waals surface area contributed by atoms with E-state index < -0.39 is 0 Å². The molecular weight excluding hydrogens is 226 g/mol. The molecule has 1 atom stereocenters. The van der Waals surface area contributed by atoms with Gasteiger partial charge >= 0.3 is 0 Å². The van der Waals surface area contributed by atoms with Crippen LogP contribution < -0.4 is 15.8 Å². The Kier molecular flexibility index (Phi) is 5.92. The molecule has 1 unspecified atom stereocenters. The molecule has 4 nitrogen and oxygen atoms in total. The average molecular weight is 251 g/mol. The Morgan fingerprint density at radius 2 is 2.00 bits per heavy atom. The van der Waals surface area contributed by atoms with Crippen molar-refractivity contribution in [2.24, 2.45) is 11.7 Å². The number of pyridine rings is 1. The van der Waals surface area contributed by atoms with Gasteiger partial charge in [-0.2, -0.15) is 0 Å². The van der Waals surface area contributed by atoms with E-state index in [9.17, 15) is 5.21 Å². The van der Waals surface area contributed by atoms with E-state index in [1.54, 1.807) is 19.1 Å². The molecule has 0 radical (unpaired) electrons. The quantitative estimate of drug-likeness (QED) is 0.576. The highest BCUT2D eigenvalue weighted by molar-refractivity contribution is 5.29. The molecule has 0 aliphatic carbocycles. The number of hydrogen-bond donors (Lipinski definition) is 2. The van der Waals surface area contributed by atoms with E-state index in [0.29, 0.717) is 24.0 Å². The number of aryl methyl sites for hydroxylation is 1. The summed E-state index contributed by atoms with van der Waals surface area (Å²) in [4.78, 5) is 0. The van der Waals surface area contributed by atoms with Gasteiger partial charge in [-0.1, -0.05) is 32.8 Å². The highest BCUT2D eigenvalue weighted by atomic mass is 16.5. The van der Waals surface area contributed by atoms with E-state index in [4.69, 9.17) is 5.73 Å². The molecule has 0 saturated carbocycles. The summed E-state index contributed by atoms with van der Waals surface area (Å²) in [5, 5.41) is 14.9. The molecule has 0 fully saturated rings. The Bertz CT molecular complexity index is 364. The number of nitrogens with two attached hydrogens (primary N) is 1. The Morgan fingerprint density at radius 3 is 2.61 bits per heavy atom. The van der Waals surface area contributed by atoms with Crippen LogP contribution in [-0.4, -0.2) is 12.6 Å². The van der Waals surface area contributed by atoms with Crippen LogP contribution in [0.3, 0.4) is 0 Å². The topological polar surface area (TPSA) is 65.0 Å². The molecule has 0 spiro atoms. The van der Waals surface area contributed by atoms with Crippen molar-refractivity contribution in [3.05, 3.63) is 29.1 Å². The molecule has 0 saturated heterocycles. The highest BCUT2D eigenvalue weighted by Crippen LogP contribution is 2.14. The third-order valence-electron chi connectivity index (χ3n) is 3.47. The van der Waals surface area contributed by atoms with Crippen molar-refractivity contribution in [1.29, 1.82) is 0 Å². The minimum atomic E-state index is 0.0930. The molecule has 18 heavy (non-hydrogen) atoms.